The lowest BCUT2D eigenvalue weighted by Gasteiger charge is -2.36. The van der Waals surface area contributed by atoms with E-state index >= 15 is 0 Å². The van der Waals surface area contributed by atoms with Crippen LogP contribution in [0.15, 0.2) is 121 Å². The van der Waals surface area contributed by atoms with Gasteiger partial charge in [-0.25, -0.2) is 19.6 Å². The molecule has 6 rings (SSSR count). The molecule has 1 atom stereocenters. The van der Waals surface area contributed by atoms with Gasteiger partial charge in [0.1, 0.15) is 5.75 Å². The number of fused-ring (bicyclic) bond motifs is 1. The van der Waals surface area contributed by atoms with Crippen molar-refractivity contribution in [3.63, 3.8) is 0 Å². The zero-order valence-corrected chi connectivity index (χ0v) is 24.8. The first-order valence-electron chi connectivity index (χ1n) is 13.9. The van der Waals surface area contributed by atoms with Crippen molar-refractivity contribution in [1.29, 1.82) is 0 Å². The van der Waals surface area contributed by atoms with Crippen molar-refractivity contribution in [2.75, 3.05) is 21.8 Å². The van der Waals surface area contributed by atoms with Crippen LogP contribution in [0, 0.1) is 0 Å². The van der Waals surface area contributed by atoms with Gasteiger partial charge in [0.05, 0.1) is 31.1 Å². The van der Waals surface area contributed by atoms with E-state index in [9.17, 15) is 9.59 Å². The van der Waals surface area contributed by atoms with Crippen molar-refractivity contribution >= 4 is 53.2 Å². The number of rotatable bonds is 8. The highest BCUT2D eigenvalue weighted by atomic mass is 35.5. The largest absolute Gasteiger partial charge is 0.497 e. The van der Waals surface area contributed by atoms with Crippen molar-refractivity contribution < 1.29 is 14.3 Å². The molecule has 3 amide bonds. The molecule has 0 unspecified atom stereocenters. The Hall–Kier alpha value is -5.25. The fraction of sp³-hybridized carbons (Fsp3) is 0.118. The number of methoxy groups -OCH3 is 1. The Bertz CT molecular complexity index is 1720. The molecule has 0 radical (unpaired) electrons. The number of ether oxygens (including phenoxy) is 1. The number of urea groups is 1. The summed E-state index contributed by atoms with van der Waals surface area (Å²) in [7, 11) is 1.60. The van der Waals surface area contributed by atoms with E-state index in [1.807, 2.05) is 115 Å². The normalized spacial score (nSPS) is 13.0. The number of amides is 3. The molecule has 44 heavy (non-hydrogen) atoms. The van der Waals surface area contributed by atoms with Gasteiger partial charge in [0.2, 0.25) is 5.95 Å². The number of nitrogens with two attached hydrogens (primary N) is 1. The molecule has 1 aromatic heterocycles. The van der Waals surface area contributed by atoms with E-state index in [-0.39, 0.29) is 36.8 Å². The van der Waals surface area contributed by atoms with Crippen LogP contribution in [0.2, 0.25) is 0 Å². The summed E-state index contributed by atoms with van der Waals surface area (Å²) in [6.07, 6.45) is 2.02. The number of hydrogen-bond acceptors (Lipinski definition) is 6. The van der Waals surface area contributed by atoms with Crippen molar-refractivity contribution in [2.45, 2.75) is 19.0 Å². The average molecular weight is 607 g/mol. The number of carbonyl (C=O) groups is 2. The fourth-order valence-electron chi connectivity index (χ4n) is 5.06. The minimum Gasteiger partial charge on any atom is -0.497 e. The van der Waals surface area contributed by atoms with Crippen molar-refractivity contribution in [3.05, 3.63) is 133 Å². The van der Waals surface area contributed by atoms with Gasteiger partial charge >= 0.3 is 6.03 Å². The summed E-state index contributed by atoms with van der Waals surface area (Å²) in [5.74, 6) is 0.863. The van der Waals surface area contributed by atoms with Gasteiger partial charge in [0.25, 0.3) is 5.91 Å². The van der Waals surface area contributed by atoms with E-state index in [1.54, 1.807) is 23.1 Å². The molecule has 222 valence electrons. The number of aromatic nitrogens is 2. The molecule has 0 fully saturated rings. The number of hydrogen-bond donors (Lipinski definition) is 1. The van der Waals surface area contributed by atoms with E-state index in [1.165, 1.54) is 4.90 Å². The number of nitrogens with zero attached hydrogens (tertiary/aromatic N) is 5. The standard InChI is InChI=1S/C34H30N6O3.ClH/c1-43-29-19-17-26(18-20-29)38-23-25-22-36-33(37-31(25)39(34(38)42)27-13-7-3-8-14-27)40(28-15-9-4-10-16-28)32(41)30(35)21-24-11-5-2-6-12-24;/h2-20,22,30H,21,23,35H2,1H3;1H/t30-;/m0./s1. The number of carbonyl (C=O) groups excluding carboxylic acids is 2. The van der Waals surface area contributed by atoms with Crippen molar-refractivity contribution in [2.24, 2.45) is 5.73 Å². The summed E-state index contributed by atoms with van der Waals surface area (Å²) in [4.78, 5) is 42.2. The minimum absolute atomic E-state index is 0. The van der Waals surface area contributed by atoms with Crippen LogP contribution < -0.4 is 25.2 Å². The molecule has 0 saturated carbocycles. The maximum atomic E-state index is 14.1. The molecule has 0 aliphatic carbocycles. The van der Waals surface area contributed by atoms with Crippen LogP contribution in [0.4, 0.5) is 33.6 Å². The van der Waals surface area contributed by atoms with E-state index in [0.29, 0.717) is 35.1 Å². The third-order valence-corrected chi connectivity index (χ3v) is 7.24. The summed E-state index contributed by atoms with van der Waals surface area (Å²) in [5.41, 5.74) is 10.1. The average Bonchev–Trinajstić information content (AvgIpc) is 3.06. The van der Waals surface area contributed by atoms with Crippen molar-refractivity contribution in [1.82, 2.24) is 9.97 Å². The summed E-state index contributed by atoms with van der Waals surface area (Å²) in [6, 6.07) is 34.2. The van der Waals surface area contributed by atoms with Gasteiger partial charge in [-0.3, -0.25) is 9.69 Å². The van der Waals surface area contributed by atoms with Gasteiger partial charge in [-0.1, -0.05) is 66.7 Å². The zero-order chi connectivity index (χ0) is 29.8. The second-order valence-corrected chi connectivity index (χ2v) is 10.1. The molecule has 4 aromatic carbocycles. The highest BCUT2D eigenvalue weighted by Gasteiger charge is 2.36. The topological polar surface area (TPSA) is 105 Å². The van der Waals surface area contributed by atoms with E-state index in [4.69, 9.17) is 15.5 Å². The second-order valence-electron chi connectivity index (χ2n) is 10.1. The predicted octanol–water partition coefficient (Wildman–Crippen LogP) is 6.42. The summed E-state index contributed by atoms with van der Waals surface area (Å²) < 4.78 is 5.30. The van der Waals surface area contributed by atoms with Crippen LogP contribution in [0.5, 0.6) is 5.75 Å². The third-order valence-electron chi connectivity index (χ3n) is 7.24. The van der Waals surface area contributed by atoms with E-state index < -0.39 is 6.04 Å². The molecule has 0 saturated heterocycles. The highest BCUT2D eigenvalue weighted by molar-refractivity contribution is 6.10. The molecule has 2 N–H and O–H groups in total. The maximum absolute atomic E-state index is 14.1. The Balaban J connectivity index is 0.00000384. The summed E-state index contributed by atoms with van der Waals surface area (Å²) >= 11 is 0. The highest BCUT2D eigenvalue weighted by Crippen LogP contribution is 2.37. The van der Waals surface area contributed by atoms with E-state index in [2.05, 4.69) is 4.98 Å². The first kappa shape index (κ1) is 30.2. The molecule has 1 aliphatic heterocycles. The fourth-order valence-corrected chi connectivity index (χ4v) is 5.06. The lowest BCUT2D eigenvalue weighted by molar-refractivity contribution is -0.119. The van der Waals surface area contributed by atoms with Gasteiger partial charge in [-0.05, 0) is 60.5 Å². The van der Waals surface area contributed by atoms with Crippen LogP contribution in [0.3, 0.4) is 0 Å². The molecule has 0 bridgehead atoms. The van der Waals surface area contributed by atoms with E-state index in [0.717, 1.165) is 11.1 Å². The first-order valence-corrected chi connectivity index (χ1v) is 13.9. The van der Waals surface area contributed by atoms with Gasteiger partial charge in [-0.15, -0.1) is 12.4 Å². The Labute approximate surface area is 261 Å². The Morgan fingerprint density at radius 1 is 0.886 bits per heavy atom. The predicted molar refractivity (Wildman–Crippen MR) is 174 cm³/mol. The molecule has 2 heterocycles. The van der Waals surface area contributed by atoms with Crippen LogP contribution in [0.25, 0.3) is 0 Å². The van der Waals surface area contributed by atoms with Crippen LogP contribution in [-0.2, 0) is 17.8 Å². The first-order chi connectivity index (χ1) is 21.0. The number of para-hydroxylation sites is 2. The van der Waals surface area contributed by atoms with Crippen LogP contribution in [0.1, 0.15) is 11.1 Å². The smallest absolute Gasteiger partial charge is 0.335 e. The Morgan fingerprint density at radius 3 is 2.14 bits per heavy atom. The molecule has 10 heteroatoms. The SMILES string of the molecule is COc1ccc(N2Cc3cnc(N(C(=O)[C@@H](N)Cc4ccccc4)c4ccccc4)nc3N(c3ccccc3)C2=O)cc1.Cl. The minimum atomic E-state index is -0.848. The second kappa shape index (κ2) is 13.4. The molecule has 9 nitrogen and oxygen atoms in total. The van der Waals surface area contributed by atoms with Gasteiger partial charge < -0.3 is 10.5 Å². The monoisotopic (exact) mass is 606 g/mol. The quantitative estimate of drug-likeness (QED) is 0.219. The third kappa shape index (κ3) is 6.10. The van der Waals surface area contributed by atoms with Gasteiger partial charge in [0.15, 0.2) is 5.82 Å². The van der Waals surface area contributed by atoms with Crippen LogP contribution >= 0.6 is 12.4 Å². The molecule has 5 aromatic rings. The lowest BCUT2D eigenvalue weighted by Crippen LogP contribution is -2.46. The van der Waals surface area contributed by atoms with Crippen molar-refractivity contribution in [3.8, 4) is 5.75 Å². The zero-order valence-electron chi connectivity index (χ0n) is 24.0. The lowest BCUT2D eigenvalue weighted by atomic mass is 10.1. The molecule has 0 spiro atoms. The molecular formula is C34H31ClN6O3. The number of benzene rings is 4. The molecule has 1 aliphatic rings. The maximum Gasteiger partial charge on any atom is 0.335 e. The van der Waals surface area contributed by atoms with Gasteiger partial charge in [0, 0.05) is 17.4 Å². The van der Waals surface area contributed by atoms with Gasteiger partial charge in [-0.2, -0.15) is 4.98 Å². The number of anilines is 5. The Morgan fingerprint density at radius 2 is 1.50 bits per heavy atom. The summed E-state index contributed by atoms with van der Waals surface area (Å²) in [6.45, 7) is 0.247. The molecular weight excluding hydrogens is 576 g/mol. The van der Waals surface area contributed by atoms with Crippen LogP contribution in [-0.4, -0.2) is 35.1 Å². The Kier molecular flexibility index (Phi) is 9.18. The number of halogens is 1. The summed E-state index contributed by atoms with van der Waals surface area (Å²) in [5, 5.41) is 0.